The van der Waals surface area contributed by atoms with Crippen molar-refractivity contribution < 1.29 is 0 Å². The summed E-state index contributed by atoms with van der Waals surface area (Å²) in [7, 11) is 0. The third-order valence-electron chi connectivity index (χ3n) is 4.29. The van der Waals surface area contributed by atoms with Gasteiger partial charge in [-0.3, -0.25) is 0 Å². The molecule has 0 bridgehead atoms. The number of aryl methyl sites for hydroxylation is 1. The van der Waals surface area contributed by atoms with Crippen LogP contribution in [-0.4, -0.2) is 0 Å². The molecule has 4 rings (SSSR count). The summed E-state index contributed by atoms with van der Waals surface area (Å²) < 4.78 is 0. The van der Waals surface area contributed by atoms with Gasteiger partial charge < -0.3 is 4.90 Å². The van der Waals surface area contributed by atoms with Gasteiger partial charge in [0, 0.05) is 16.8 Å². The van der Waals surface area contributed by atoms with Crippen molar-refractivity contribution in [1.82, 2.24) is 0 Å². The lowest BCUT2D eigenvalue weighted by atomic mass is 10.1. The Morgan fingerprint density at radius 3 is 1.80 bits per heavy atom. The summed E-state index contributed by atoms with van der Waals surface area (Å²) in [5.74, 6) is 0. The quantitative estimate of drug-likeness (QED) is 0.379. The molecule has 0 spiro atoms. The number of thiophene rings is 1. The van der Waals surface area contributed by atoms with E-state index in [1.54, 1.807) is 11.3 Å². The van der Waals surface area contributed by atoms with Crippen LogP contribution in [0.2, 0.25) is 0 Å². The van der Waals surface area contributed by atoms with Crippen molar-refractivity contribution in [2.24, 2.45) is 0 Å². The largest absolute Gasteiger partial charge is 0.310 e. The van der Waals surface area contributed by atoms with E-state index in [1.165, 1.54) is 33.8 Å². The summed E-state index contributed by atoms with van der Waals surface area (Å²) >= 11 is 1.72. The third kappa shape index (κ3) is 3.35. The first-order valence-electron chi connectivity index (χ1n) is 8.36. The van der Waals surface area contributed by atoms with Gasteiger partial charge in [-0.25, -0.2) is 0 Å². The van der Waals surface area contributed by atoms with E-state index in [2.05, 4.69) is 101 Å². The lowest BCUT2D eigenvalue weighted by Crippen LogP contribution is -2.08. The summed E-state index contributed by atoms with van der Waals surface area (Å²) in [5, 5.41) is 4.31. The van der Waals surface area contributed by atoms with Crippen molar-refractivity contribution >= 4 is 28.4 Å². The molecule has 25 heavy (non-hydrogen) atoms. The van der Waals surface area contributed by atoms with Gasteiger partial charge in [0.05, 0.1) is 5.69 Å². The Bertz CT molecular complexity index is 924. The molecular formula is C23H19NS. The van der Waals surface area contributed by atoms with Gasteiger partial charge in [-0.05, 0) is 53.8 Å². The van der Waals surface area contributed by atoms with Gasteiger partial charge in [-0.15, -0.1) is 0 Å². The van der Waals surface area contributed by atoms with Gasteiger partial charge in [0.25, 0.3) is 0 Å². The Morgan fingerprint density at radius 1 is 0.600 bits per heavy atom. The van der Waals surface area contributed by atoms with Gasteiger partial charge in [0.15, 0.2) is 0 Å². The summed E-state index contributed by atoms with van der Waals surface area (Å²) in [5.41, 5.74) is 7.29. The minimum atomic E-state index is 1.17. The predicted molar refractivity (Wildman–Crippen MR) is 109 cm³/mol. The van der Waals surface area contributed by atoms with Crippen LogP contribution in [0.25, 0.3) is 11.1 Å². The summed E-state index contributed by atoms with van der Waals surface area (Å²) in [6.45, 7) is 2.12. The van der Waals surface area contributed by atoms with Gasteiger partial charge >= 0.3 is 0 Å². The molecule has 1 nitrogen and oxygen atoms in total. The van der Waals surface area contributed by atoms with Crippen molar-refractivity contribution in [1.29, 1.82) is 0 Å². The Morgan fingerprint density at radius 2 is 1.20 bits per heavy atom. The fourth-order valence-electron chi connectivity index (χ4n) is 2.96. The van der Waals surface area contributed by atoms with E-state index in [0.29, 0.717) is 0 Å². The molecule has 4 aromatic rings. The van der Waals surface area contributed by atoms with E-state index in [9.17, 15) is 0 Å². The Balaban J connectivity index is 1.74. The summed E-state index contributed by atoms with van der Waals surface area (Å²) in [4.78, 5) is 2.30. The highest BCUT2D eigenvalue weighted by Crippen LogP contribution is 2.36. The SMILES string of the molecule is Cc1ccc(N(c2ccc(-c3ccccc3)cc2)c2ccsc2)cc1. The van der Waals surface area contributed by atoms with Crippen molar-refractivity contribution in [3.05, 3.63) is 101 Å². The number of hydrogen-bond acceptors (Lipinski definition) is 2. The zero-order valence-corrected chi connectivity index (χ0v) is 14.9. The number of anilines is 3. The second-order valence-electron chi connectivity index (χ2n) is 6.07. The van der Waals surface area contributed by atoms with Crippen LogP contribution in [-0.2, 0) is 0 Å². The third-order valence-corrected chi connectivity index (χ3v) is 4.96. The van der Waals surface area contributed by atoms with Crippen LogP contribution in [0.4, 0.5) is 17.1 Å². The van der Waals surface area contributed by atoms with E-state index in [0.717, 1.165) is 0 Å². The number of rotatable bonds is 4. The Kier molecular flexibility index (Phi) is 4.36. The van der Waals surface area contributed by atoms with Crippen molar-refractivity contribution in [3.63, 3.8) is 0 Å². The molecule has 1 heterocycles. The van der Waals surface area contributed by atoms with Crippen LogP contribution in [0.15, 0.2) is 95.7 Å². The lowest BCUT2D eigenvalue weighted by Gasteiger charge is -2.24. The average Bonchev–Trinajstić information content (AvgIpc) is 3.19. The minimum Gasteiger partial charge on any atom is -0.310 e. The zero-order valence-electron chi connectivity index (χ0n) is 14.1. The molecule has 3 aromatic carbocycles. The molecule has 0 fully saturated rings. The van der Waals surface area contributed by atoms with Crippen LogP contribution >= 0.6 is 11.3 Å². The molecule has 0 saturated carbocycles. The van der Waals surface area contributed by atoms with Gasteiger partial charge in [-0.1, -0.05) is 60.2 Å². The van der Waals surface area contributed by atoms with Crippen molar-refractivity contribution in [3.8, 4) is 11.1 Å². The molecule has 0 N–H and O–H groups in total. The zero-order chi connectivity index (χ0) is 17.1. The second kappa shape index (κ2) is 6.96. The Hall–Kier alpha value is -2.84. The van der Waals surface area contributed by atoms with Gasteiger partial charge in [0.2, 0.25) is 0 Å². The molecule has 0 aliphatic heterocycles. The van der Waals surface area contributed by atoms with Crippen LogP contribution < -0.4 is 4.90 Å². The van der Waals surface area contributed by atoms with Crippen LogP contribution in [0.3, 0.4) is 0 Å². The summed E-state index contributed by atoms with van der Waals surface area (Å²) in [6.07, 6.45) is 0. The molecule has 122 valence electrons. The maximum absolute atomic E-state index is 2.30. The molecule has 0 aliphatic carbocycles. The first-order chi connectivity index (χ1) is 12.3. The highest BCUT2D eigenvalue weighted by atomic mass is 32.1. The number of benzene rings is 3. The molecular weight excluding hydrogens is 322 g/mol. The maximum atomic E-state index is 2.30. The molecule has 0 radical (unpaired) electrons. The van der Waals surface area contributed by atoms with E-state index < -0.39 is 0 Å². The number of nitrogens with zero attached hydrogens (tertiary/aromatic N) is 1. The van der Waals surface area contributed by atoms with E-state index in [-0.39, 0.29) is 0 Å². The van der Waals surface area contributed by atoms with E-state index in [1.807, 2.05) is 6.07 Å². The fraction of sp³-hybridized carbons (Fsp3) is 0.0435. The highest BCUT2D eigenvalue weighted by Gasteiger charge is 2.12. The van der Waals surface area contributed by atoms with Crippen LogP contribution in [0.5, 0.6) is 0 Å². The van der Waals surface area contributed by atoms with Crippen molar-refractivity contribution in [2.45, 2.75) is 6.92 Å². The highest BCUT2D eigenvalue weighted by molar-refractivity contribution is 7.08. The molecule has 0 saturated heterocycles. The molecule has 0 atom stereocenters. The average molecular weight is 341 g/mol. The van der Waals surface area contributed by atoms with E-state index in [4.69, 9.17) is 0 Å². The number of hydrogen-bond donors (Lipinski definition) is 0. The van der Waals surface area contributed by atoms with Crippen LogP contribution in [0.1, 0.15) is 5.56 Å². The molecule has 0 amide bonds. The smallest absolute Gasteiger partial charge is 0.0568 e. The molecule has 2 heteroatoms. The second-order valence-corrected chi connectivity index (χ2v) is 6.85. The minimum absolute atomic E-state index is 1.17. The monoisotopic (exact) mass is 341 g/mol. The maximum Gasteiger partial charge on any atom is 0.0568 e. The van der Waals surface area contributed by atoms with Gasteiger partial charge in [0.1, 0.15) is 0 Å². The first kappa shape index (κ1) is 15.7. The van der Waals surface area contributed by atoms with E-state index >= 15 is 0 Å². The molecule has 0 aliphatic rings. The first-order valence-corrected chi connectivity index (χ1v) is 9.30. The lowest BCUT2D eigenvalue weighted by molar-refractivity contribution is 1.29. The fourth-order valence-corrected chi connectivity index (χ4v) is 3.58. The topological polar surface area (TPSA) is 3.24 Å². The van der Waals surface area contributed by atoms with Crippen molar-refractivity contribution in [2.75, 3.05) is 4.90 Å². The molecule has 1 aromatic heterocycles. The summed E-state index contributed by atoms with van der Waals surface area (Å²) in [6, 6.07) is 30.1. The predicted octanol–water partition coefficient (Wildman–Crippen LogP) is 7.19. The van der Waals surface area contributed by atoms with Gasteiger partial charge in [-0.2, -0.15) is 11.3 Å². The normalized spacial score (nSPS) is 10.6. The van der Waals surface area contributed by atoms with Crippen LogP contribution in [0, 0.1) is 6.92 Å². The standard InChI is InChI=1S/C23H19NS/c1-18-7-11-21(12-8-18)24(23-15-16-25-17-23)22-13-9-20(10-14-22)19-5-3-2-4-6-19/h2-17H,1H3. The molecule has 0 unspecified atom stereocenters. The Labute approximate surface area is 152 Å².